The molecule has 1 aromatic carbocycles. The number of aromatic nitrogens is 2. The predicted octanol–water partition coefficient (Wildman–Crippen LogP) is 4.98. The van der Waals surface area contributed by atoms with Crippen molar-refractivity contribution in [1.82, 2.24) is 9.97 Å². The van der Waals surface area contributed by atoms with Gasteiger partial charge in [0, 0.05) is 21.5 Å². The number of fused-ring (bicyclic) bond motifs is 3. The highest BCUT2D eigenvalue weighted by Gasteiger charge is 2.20. The molecule has 2 heterocycles. The van der Waals surface area contributed by atoms with Crippen molar-refractivity contribution >= 4 is 54.7 Å². The van der Waals surface area contributed by atoms with E-state index in [4.69, 9.17) is 0 Å². The Morgan fingerprint density at radius 2 is 2.08 bits per heavy atom. The van der Waals surface area contributed by atoms with Gasteiger partial charge in [0.05, 0.1) is 16.0 Å². The summed E-state index contributed by atoms with van der Waals surface area (Å²) in [6.45, 7) is 0. The van der Waals surface area contributed by atoms with E-state index in [1.165, 1.54) is 41.7 Å². The molecule has 0 radical (unpaired) electrons. The number of aryl methyl sites for hydroxylation is 2. The number of halogens is 1. The molecular weight excluding hydrogens is 392 g/mol. The number of non-ortho nitro benzene ring substituents is 1. The average molecular weight is 405 g/mol. The van der Waals surface area contributed by atoms with Crippen molar-refractivity contribution in [2.45, 2.75) is 25.7 Å². The van der Waals surface area contributed by atoms with Gasteiger partial charge in [0.15, 0.2) is 0 Å². The third-order valence-corrected chi connectivity index (χ3v) is 6.06. The van der Waals surface area contributed by atoms with Crippen LogP contribution in [0.1, 0.15) is 23.3 Å². The van der Waals surface area contributed by atoms with Crippen molar-refractivity contribution in [2.75, 3.05) is 5.32 Å². The first-order chi connectivity index (χ1) is 11.6. The lowest BCUT2D eigenvalue weighted by Gasteiger charge is -2.13. The molecule has 0 aliphatic heterocycles. The van der Waals surface area contributed by atoms with Crippen LogP contribution in [-0.2, 0) is 12.8 Å². The summed E-state index contributed by atoms with van der Waals surface area (Å²) in [4.78, 5) is 21.8. The number of nitrogens with one attached hydrogen (secondary N) is 1. The minimum atomic E-state index is -0.403. The molecule has 3 aromatic rings. The van der Waals surface area contributed by atoms with E-state index in [-0.39, 0.29) is 5.69 Å². The van der Waals surface area contributed by atoms with E-state index in [1.54, 1.807) is 17.4 Å². The molecule has 24 heavy (non-hydrogen) atoms. The maximum atomic E-state index is 11.0. The van der Waals surface area contributed by atoms with Crippen LogP contribution in [0.15, 0.2) is 29.0 Å². The van der Waals surface area contributed by atoms with Gasteiger partial charge in [-0.3, -0.25) is 10.1 Å². The summed E-state index contributed by atoms with van der Waals surface area (Å²) < 4.78 is 0.754. The second-order valence-electron chi connectivity index (χ2n) is 5.66. The molecule has 1 aliphatic rings. The number of nitro groups is 1. The van der Waals surface area contributed by atoms with Crippen LogP contribution in [-0.4, -0.2) is 14.9 Å². The zero-order valence-electron chi connectivity index (χ0n) is 12.6. The topological polar surface area (TPSA) is 81.0 Å². The van der Waals surface area contributed by atoms with Gasteiger partial charge in [0.2, 0.25) is 0 Å². The monoisotopic (exact) mass is 404 g/mol. The van der Waals surface area contributed by atoms with Crippen molar-refractivity contribution in [3.63, 3.8) is 0 Å². The highest BCUT2D eigenvalue weighted by molar-refractivity contribution is 9.10. The third kappa shape index (κ3) is 2.65. The number of benzene rings is 1. The Bertz CT molecular complexity index is 957. The second-order valence-corrected chi connectivity index (χ2v) is 7.60. The lowest BCUT2D eigenvalue weighted by atomic mass is 9.97. The van der Waals surface area contributed by atoms with Gasteiger partial charge in [0.1, 0.15) is 17.0 Å². The first kappa shape index (κ1) is 15.5. The molecule has 0 amide bonds. The Balaban J connectivity index is 1.82. The van der Waals surface area contributed by atoms with E-state index in [2.05, 4.69) is 31.2 Å². The fourth-order valence-corrected chi connectivity index (χ4v) is 4.61. The molecule has 8 heteroatoms. The summed E-state index contributed by atoms with van der Waals surface area (Å²) in [5.41, 5.74) is 1.99. The molecule has 4 rings (SSSR count). The van der Waals surface area contributed by atoms with Gasteiger partial charge in [0.25, 0.3) is 5.69 Å². The summed E-state index contributed by atoms with van der Waals surface area (Å²) in [7, 11) is 0. The minimum absolute atomic E-state index is 0.0401. The first-order valence-corrected chi connectivity index (χ1v) is 9.20. The molecule has 0 bridgehead atoms. The van der Waals surface area contributed by atoms with Crippen molar-refractivity contribution < 1.29 is 4.92 Å². The van der Waals surface area contributed by atoms with E-state index in [9.17, 15) is 10.1 Å². The molecule has 1 N–H and O–H groups in total. The molecule has 2 aromatic heterocycles. The smallest absolute Gasteiger partial charge is 0.271 e. The summed E-state index contributed by atoms with van der Waals surface area (Å²) in [6, 6.07) is 4.65. The molecule has 0 saturated heterocycles. The summed E-state index contributed by atoms with van der Waals surface area (Å²) in [5.74, 6) is 0.709. The zero-order chi connectivity index (χ0) is 16.7. The average Bonchev–Trinajstić information content (AvgIpc) is 2.96. The third-order valence-electron chi connectivity index (χ3n) is 4.17. The molecule has 0 atom stereocenters. The molecule has 0 unspecified atom stereocenters. The minimum Gasteiger partial charge on any atom is -0.338 e. The predicted molar refractivity (Wildman–Crippen MR) is 98.1 cm³/mol. The van der Waals surface area contributed by atoms with Gasteiger partial charge in [-0.25, -0.2) is 9.97 Å². The molecular formula is C16H13BrN4O2S. The molecule has 6 nitrogen and oxygen atoms in total. The van der Waals surface area contributed by atoms with Crippen LogP contribution < -0.4 is 5.32 Å². The van der Waals surface area contributed by atoms with E-state index >= 15 is 0 Å². The van der Waals surface area contributed by atoms with Crippen LogP contribution in [0, 0.1) is 10.1 Å². The Labute approximate surface area is 150 Å². The SMILES string of the molecule is O=[N+]([O-])c1ccc(Br)c(Nc2ncnc3sc4c(c23)CCCC4)c1. The number of thiophene rings is 1. The van der Waals surface area contributed by atoms with Gasteiger partial charge < -0.3 is 5.32 Å². The van der Waals surface area contributed by atoms with Crippen molar-refractivity contribution in [3.05, 3.63) is 49.6 Å². The van der Waals surface area contributed by atoms with Gasteiger partial charge in [-0.2, -0.15) is 0 Å². The van der Waals surface area contributed by atoms with Gasteiger partial charge in [-0.15, -0.1) is 11.3 Å². The largest absolute Gasteiger partial charge is 0.338 e. The van der Waals surface area contributed by atoms with Crippen LogP contribution in [0.4, 0.5) is 17.2 Å². The maximum absolute atomic E-state index is 11.0. The molecule has 1 aliphatic carbocycles. The number of anilines is 2. The second kappa shape index (κ2) is 6.10. The number of hydrogen-bond donors (Lipinski definition) is 1. The zero-order valence-corrected chi connectivity index (χ0v) is 15.0. The van der Waals surface area contributed by atoms with Gasteiger partial charge >= 0.3 is 0 Å². The Kier molecular flexibility index (Phi) is 3.93. The molecule has 0 spiro atoms. The number of nitrogens with zero attached hydrogens (tertiary/aromatic N) is 3. The van der Waals surface area contributed by atoms with Crippen LogP contribution in [0.5, 0.6) is 0 Å². The van der Waals surface area contributed by atoms with Crippen LogP contribution >= 0.6 is 27.3 Å². The van der Waals surface area contributed by atoms with Crippen molar-refractivity contribution in [3.8, 4) is 0 Å². The number of rotatable bonds is 3. The first-order valence-electron chi connectivity index (χ1n) is 7.59. The Morgan fingerprint density at radius 1 is 1.25 bits per heavy atom. The summed E-state index contributed by atoms with van der Waals surface area (Å²) in [6.07, 6.45) is 6.06. The lowest BCUT2D eigenvalue weighted by Crippen LogP contribution is -2.01. The Morgan fingerprint density at radius 3 is 2.92 bits per heavy atom. The summed E-state index contributed by atoms with van der Waals surface area (Å²) >= 11 is 5.17. The van der Waals surface area contributed by atoms with Crippen LogP contribution in [0.2, 0.25) is 0 Å². The van der Waals surface area contributed by atoms with Crippen molar-refractivity contribution in [2.24, 2.45) is 0 Å². The van der Waals surface area contributed by atoms with E-state index in [0.717, 1.165) is 27.5 Å². The quantitative estimate of drug-likeness (QED) is 0.491. The number of nitro benzene ring substituents is 1. The highest BCUT2D eigenvalue weighted by atomic mass is 79.9. The standard InChI is InChI=1S/C16H13BrN4O2S/c17-11-6-5-9(21(22)23)7-12(11)20-15-14-10-3-1-2-4-13(10)24-16(14)19-8-18-15/h5-8H,1-4H2,(H,18,19,20). The Hall–Kier alpha value is -2.06. The molecule has 0 saturated carbocycles. The number of hydrogen-bond acceptors (Lipinski definition) is 6. The van der Waals surface area contributed by atoms with E-state index < -0.39 is 4.92 Å². The summed E-state index contributed by atoms with van der Waals surface area (Å²) in [5, 5.41) is 15.3. The molecule has 122 valence electrons. The fourth-order valence-electron chi connectivity index (χ4n) is 3.04. The van der Waals surface area contributed by atoms with E-state index in [1.807, 2.05) is 0 Å². The normalized spacial score (nSPS) is 13.7. The van der Waals surface area contributed by atoms with Crippen molar-refractivity contribution in [1.29, 1.82) is 0 Å². The molecule has 0 fully saturated rings. The van der Waals surface area contributed by atoms with Gasteiger partial charge in [-0.05, 0) is 53.2 Å². The van der Waals surface area contributed by atoms with Crippen LogP contribution in [0.25, 0.3) is 10.2 Å². The fraction of sp³-hybridized carbons (Fsp3) is 0.250. The lowest BCUT2D eigenvalue weighted by molar-refractivity contribution is -0.384. The van der Waals surface area contributed by atoms with Gasteiger partial charge in [-0.1, -0.05) is 0 Å². The van der Waals surface area contributed by atoms with Crippen LogP contribution in [0.3, 0.4) is 0 Å². The van der Waals surface area contributed by atoms with E-state index in [0.29, 0.717) is 11.5 Å². The highest BCUT2D eigenvalue weighted by Crippen LogP contribution is 2.39. The maximum Gasteiger partial charge on any atom is 0.271 e.